The van der Waals surface area contributed by atoms with Crippen molar-refractivity contribution in [2.75, 3.05) is 23.1 Å². The summed E-state index contributed by atoms with van der Waals surface area (Å²) < 4.78 is 9.53. The van der Waals surface area contributed by atoms with E-state index in [2.05, 4.69) is 5.10 Å². The smallest absolute Gasteiger partial charge is 0.365 e. The van der Waals surface area contributed by atoms with E-state index in [9.17, 15) is 9.59 Å². The zero-order valence-corrected chi connectivity index (χ0v) is 20.7. The van der Waals surface area contributed by atoms with Crippen molar-refractivity contribution < 1.29 is 19.1 Å². The number of nitrogens with zero attached hydrogens (tertiary/aromatic N) is 3. The first-order valence-electron chi connectivity index (χ1n) is 10.3. The number of esters is 2. The van der Waals surface area contributed by atoms with Crippen LogP contribution in [0.2, 0.25) is 5.02 Å². The Morgan fingerprint density at radius 1 is 0.970 bits per heavy atom. The molecule has 0 unspecified atom stereocenters. The Hall–Kier alpha value is -2.62. The molecule has 0 bridgehead atoms. The highest BCUT2D eigenvalue weighted by atomic mass is 35.5. The fraction of sp³-hybridized carbons (Fsp3) is 0.261. The molecule has 2 aromatic carbocycles. The molecule has 172 valence electrons. The molecule has 10 heteroatoms. The number of ether oxygens (including phenoxy) is 2. The topological polar surface area (TPSA) is 71.4 Å². The molecule has 0 aromatic heterocycles. The van der Waals surface area contributed by atoms with Crippen molar-refractivity contribution in [3.8, 4) is 0 Å². The summed E-state index contributed by atoms with van der Waals surface area (Å²) in [5.74, 6) is -0.948. The third kappa shape index (κ3) is 4.32. The minimum atomic E-state index is -1.04. The second kappa shape index (κ2) is 9.70. The van der Waals surface area contributed by atoms with E-state index in [1.807, 2.05) is 54.3 Å². The molecule has 0 amide bonds. The summed E-state index contributed by atoms with van der Waals surface area (Å²) in [6.45, 7) is 5.85. The van der Waals surface area contributed by atoms with Gasteiger partial charge in [-0.25, -0.2) is 14.6 Å². The van der Waals surface area contributed by atoms with E-state index in [1.54, 1.807) is 31.0 Å². The van der Waals surface area contributed by atoms with Gasteiger partial charge in [-0.2, -0.15) is 5.10 Å². The van der Waals surface area contributed by atoms with Crippen LogP contribution in [0.3, 0.4) is 0 Å². The molecule has 0 aliphatic carbocycles. The number of anilines is 2. The summed E-state index contributed by atoms with van der Waals surface area (Å²) in [4.78, 5) is 28.0. The monoisotopic (exact) mass is 503 g/mol. The van der Waals surface area contributed by atoms with Crippen LogP contribution in [0.5, 0.6) is 0 Å². The Kier molecular flexibility index (Phi) is 6.92. The molecule has 4 rings (SSSR count). The fourth-order valence-electron chi connectivity index (χ4n) is 3.54. The molecule has 1 spiro atoms. The van der Waals surface area contributed by atoms with Gasteiger partial charge in [-0.3, -0.25) is 0 Å². The number of rotatable bonds is 6. The minimum absolute atomic E-state index is 0.183. The summed E-state index contributed by atoms with van der Waals surface area (Å²) in [5.41, 5.74) is 2.20. The molecular formula is C23H22ClN3O4S2. The SMILES string of the molecule is CCOC(=O)C1=NN(c2cccc(Cl)c2)[C@]2(S1)SC(C(=O)OCC)=C(C)N2c1ccccc1. The highest BCUT2D eigenvalue weighted by Gasteiger charge is 2.58. The van der Waals surface area contributed by atoms with Gasteiger partial charge in [0.05, 0.1) is 18.9 Å². The first-order chi connectivity index (χ1) is 15.9. The standard InChI is InChI=1S/C23H22ClN3O4S2/c1-4-30-21(28)19-15(3)26(17-11-7-6-8-12-17)23(32-19)27(18-13-9-10-16(24)14-18)25-20(33-23)22(29)31-5-2/h6-14H,4-5H2,1-3H3/t23-/m0/s1. The normalized spacial score (nSPS) is 19.8. The Morgan fingerprint density at radius 2 is 1.64 bits per heavy atom. The molecule has 0 radical (unpaired) electrons. The zero-order valence-electron chi connectivity index (χ0n) is 18.3. The van der Waals surface area contributed by atoms with E-state index in [4.69, 9.17) is 21.1 Å². The second-order valence-electron chi connectivity index (χ2n) is 6.98. The van der Waals surface area contributed by atoms with Gasteiger partial charge < -0.3 is 14.4 Å². The minimum Gasteiger partial charge on any atom is -0.462 e. The summed E-state index contributed by atoms with van der Waals surface area (Å²) >= 11 is 8.79. The molecule has 0 fully saturated rings. The molecule has 0 saturated heterocycles. The molecule has 2 aromatic rings. The molecule has 2 aliphatic rings. The molecule has 0 saturated carbocycles. The molecule has 33 heavy (non-hydrogen) atoms. The van der Waals surface area contributed by atoms with E-state index >= 15 is 0 Å². The summed E-state index contributed by atoms with van der Waals surface area (Å²) in [5, 5.41) is 7.06. The van der Waals surface area contributed by atoms with Gasteiger partial charge in [-0.05, 0) is 62.9 Å². The maximum absolute atomic E-state index is 12.9. The molecule has 2 heterocycles. The van der Waals surface area contributed by atoms with Crippen LogP contribution in [-0.2, 0) is 19.1 Å². The highest BCUT2D eigenvalue weighted by Crippen LogP contribution is 2.60. The number of carbonyl (C=O) groups is 2. The van der Waals surface area contributed by atoms with Crippen LogP contribution >= 0.6 is 35.1 Å². The van der Waals surface area contributed by atoms with E-state index in [0.29, 0.717) is 21.3 Å². The quantitative estimate of drug-likeness (QED) is 0.483. The Labute approximate surface area is 205 Å². The lowest BCUT2D eigenvalue weighted by Crippen LogP contribution is -2.49. The third-order valence-corrected chi connectivity index (χ3v) is 7.93. The number of halogens is 1. The van der Waals surface area contributed by atoms with Gasteiger partial charge in [0, 0.05) is 16.4 Å². The lowest BCUT2D eigenvalue weighted by molar-refractivity contribution is -0.137. The summed E-state index contributed by atoms with van der Waals surface area (Å²) in [6.07, 6.45) is 0. The van der Waals surface area contributed by atoms with Crippen LogP contribution in [0, 0.1) is 0 Å². The fourth-order valence-corrected chi connectivity index (χ4v) is 6.67. The van der Waals surface area contributed by atoms with Crippen LogP contribution in [-0.4, -0.2) is 34.5 Å². The lowest BCUT2D eigenvalue weighted by Gasteiger charge is -2.41. The Balaban J connectivity index is 1.89. The Bertz CT molecular complexity index is 1140. The summed E-state index contributed by atoms with van der Waals surface area (Å²) in [7, 11) is 0. The van der Waals surface area contributed by atoms with Crippen molar-refractivity contribution in [3.05, 3.63) is 70.2 Å². The van der Waals surface area contributed by atoms with Crippen molar-refractivity contribution >= 4 is 63.5 Å². The zero-order chi connectivity index (χ0) is 23.6. The van der Waals surface area contributed by atoms with Crippen molar-refractivity contribution in [1.82, 2.24) is 0 Å². The number of hydrogen-bond acceptors (Lipinski definition) is 9. The average Bonchev–Trinajstić information content (AvgIpc) is 3.32. The molecule has 1 atom stereocenters. The van der Waals surface area contributed by atoms with Gasteiger partial charge >= 0.3 is 11.9 Å². The largest absolute Gasteiger partial charge is 0.462 e. The van der Waals surface area contributed by atoms with Crippen molar-refractivity contribution in [3.63, 3.8) is 0 Å². The number of hydrazone groups is 1. The second-order valence-corrected chi connectivity index (χ2v) is 10.0. The van der Waals surface area contributed by atoms with Crippen molar-refractivity contribution in [2.45, 2.75) is 25.1 Å². The number of thioether (sulfide) groups is 2. The van der Waals surface area contributed by atoms with Crippen LogP contribution in [0.1, 0.15) is 20.8 Å². The lowest BCUT2D eigenvalue weighted by atomic mass is 10.2. The Morgan fingerprint density at radius 3 is 2.30 bits per heavy atom. The third-order valence-electron chi connectivity index (χ3n) is 4.85. The van der Waals surface area contributed by atoms with Gasteiger partial charge in [0.1, 0.15) is 4.91 Å². The van der Waals surface area contributed by atoms with Gasteiger partial charge in [0.2, 0.25) is 9.37 Å². The van der Waals surface area contributed by atoms with Crippen LogP contribution in [0.15, 0.2) is 70.3 Å². The number of carbonyl (C=O) groups excluding carboxylic acids is 2. The first-order valence-corrected chi connectivity index (χ1v) is 12.3. The maximum Gasteiger partial charge on any atom is 0.365 e. The average molecular weight is 504 g/mol. The van der Waals surface area contributed by atoms with E-state index in [-0.39, 0.29) is 18.3 Å². The van der Waals surface area contributed by atoms with Crippen molar-refractivity contribution in [2.24, 2.45) is 5.10 Å². The molecule has 7 nitrogen and oxygen atoms in total. The van der Waals surface area contributed by atoms with Gasteiger partial charge in [-0.1, -0.05) is 47.6 Å². The number of hydrogen-bond donors (Lipinski definition) is 0. The van der Waals surface area contributed by atoms with E-state index in [0.717, 1.165) is 5.69 Å². The van der Waals surface area contributed by atoms with E-state index < -0.39 is 16.3 Å². The van der Waals surface area contributed by atoms with Gasteiger partial charge in [-0.15, -0.1) is 0 Å². The maximum atomic E-state index is 12.9. The van der Waals surface area contributed by atoms with E-state index in [1.165, 1.54) is 23.5 Å². The molecule has 2 aliphatic heterocycles. The van der Waals surface area contributed by atoms with Crippen molar-refractivity contribution in [1.29, 1.82) is 0 Å². The number of benzene rings is 2. The first kappa shape index (κ1) is 23.5. The van der Waals surface area contributed by atoms with Gasteiger partial charge in [0.25, 0.3) is 0 Å². The number of allylic oxidation sites excluding steroid dienone is 1. The predicted octanol–water partition coefficient (Wildman–Crippen LogP) is 5.43. The molecular weight excluding hydrogens is 482 g/mol. The number of para-hydroxylation sites is 1. The predicted molar refractivity (Wildman–Crippen MR) is 134 cm³/mol. The van der Waals surface area contributed by atoms with Crippen LogP contribution in [0.4, 0.5) is 11.4 Å². The van der Waals surface area contributed by atoms with Crippen LogP contribution in [0.25, 0.3) is 0 Å². The van der Waals surface area contributed by atoms with Crippen LogP contribution < -0.4 is 9.91 Å². The summed E-state index contributed by atoms with van der Waals surface area (Å²) in [6, 6.07) is 16.8. The molecule has 0 N–H and O–H groups in total. The van der Waals surface area contributed by atoms with Gasteiger partial charge in [0.15, 0.2) is 0 Å². The highest BCUT2D eigenvalue weighted by molar-refractivity contribution is 8.29.